The van der Waals surface area contributed by atoms with Gasteiger partial charge in [-0.15, -0.1) is 0 Å². The highest BCUT2D eigenvalue weighted by Gasteiger charge is 2.17. The highest BCUT2D eigenvalue weighted by Crippen LogP contribution is 2.26. The van der Waals surface area contributed by atoms with E-state index in [9.17, 15) is 0 Å². The summed E-state index contributed by atoms with van der Waals surface area (Å²) >= 11 is 0. The van der Waals surface area contributed by atoms with Gasteiger partial charge in [-0.05, 0) is 25.6 Å². The Morgan fingerprint density at radius 1 is 1.12 bits per heavy atom. The summed E-state index contributed by atoms with van der Waals surface area (Å²) in [5, 5.41) is 0. The summed E-state index contributed by atoms with van der Waals surface area (Å²) in [7, 11) is 3.85. The zero-order valence-corrected chi connectivity index (χ0v) is 14.6. The highest BCUT2D eigenvalue weighted by molar-refractivity contribution is 5.65. The molecular formula is C18H25N5O. The topological polar surface area (TPSA) is 67.5 Å². The van der Waals surface area contributed by atoms with Crippen LogP contribution in [0.15, 0.2) is 30.3 Å². The number of ether oxygens (including phenoxy) is 1. The molecule has 2 N–H and O–H groups in total. The lowest BCUT2D eigenvalue weighted by Gasteiger charge is -2.33. The van der Waals surface area contributed by atoms with Gasteiger partial charge in [0.2, 0.25) is 5.95 Å². The van der Waals surface area contributed by atoms with Crippen LogP contribution in [0.3, 0.4) is 0 Å². The number of rotatable bonds is 4. The molecule has 2 heterocycles. The lowest BCUT2D eigenvalue weighted by Crippen LogP contribution is -2.44. The third kappa shape index (κ3) is 3.66. The van der Waals surface area contributed by atoms with E-state index in [0.717, 1.165) is 48.8 Å². The van der Waals surface area contributed by atoms with E-state index in [0.29, 0.717) is 5.95 Å². The molecule has 3 rings (SSSR count). The van der Waals surface area contributed by atoms with E-state index in [1.165, 1.54) is 0 Å². The molecule has 1 aliphatic heterocycles. The summed E-state index contributed by atoms with van der Waals surface area (Å²) in [6, 6.07) is 10.3. The van der Waals surface area contributed by atoms with Crippen molar-refractivity contribution in [1.82, 2.24) is 14.9 Å². The van der Waals surface area contributed by atoms with Crippen LogP contribution in [0.25, 0.3) is 11.3 Å². The monoisotopic (exact) mass is 327 g/mol. The van der Waals surface area contributed by atoms with Crippen molar-refractivity contribution in [2.45, 2.75) is 13.0 Å². The number of nitrogens with two attached hydrogens (primary N) is 1. The van der Waals surface area contributed by atoms with Crippen LogP contribution in [0.5, 0.6) is 0 Å². The molecule has 1 fully saturated rings. The summed E-state index contributed by atoms with van der Waals surface area (Å²) in [6.07, 6.45) is 0.0428. The Morgan fingerprint density at radius 3 is 2.58 bits per heavy atom. The Hall–Kier alpha value is -2.18. The van der Waals surface area contributed by atoms with Crippen molar-refractivity contribution in [3.8, 4) is 11.3 Å². The quantitative estimate of drug-likeness (QED) is 0.928. The fourth-order valence-electron chi connectivity index (χ4n) is 2.88. The fourth-order valence-corrected chi connectivity index (χ4v) is 2.88. The smallest absolute Gasteiger partial charge is 0.222 e. The molecule has 6 heteroatoms. The second-order valence-corrected chi connectivity index (χ2v) is 6.26. The van der Waals surface area contributed by atoms with Crippen LogP contribution in [0.4, 0.5) is 11.8 Å². The van der Waals surface area contributed by atoms with E-state index in [-0.39, 0.29) is 6.10 Å². The molecule has 0 aliphatic carbocycles. The fraction of sp³-hybridized carbons (Fsp3) is 0.444. The first kappa shape index (κ1) is 16.7. The van der Waals surface area contributed by atoms with Crippen molar-refractivity contribution >= 4 is 11.8 Å². The van der Waals surface area contributed by atoms with Gasteiger partial charge in [-0.1, -0.05) is 18.2 Å². The average molecular weight is 327 g/mol. The van der Waals surface area contributed by atoms with Crippen LogP contribution in [-0.4, -0.2) is 55.2 Å². The van der Waals surface area contributed by atoms with E-state index in [1.807, 2.05) is 25.1 Å². The first-order valence-corrected chi connectivity index (χ1v) is 8.28. The van der Waals surface area contributed by atoms with Crippen molar-refractivity contribution < 1.29 is 4.74 Å². The van der Waals surface area contributed by atoms with Crippen LogP contribution in [0.1, 0.15) is 18.6 Å². The number of hydrogen-bond donors (Lipinski definition) is 1. The number of anilines is 2. The molecule has 1 aromatic heterocycles. The molecule has 0 amide bonds. The molecule has 128 valence electrons. The minimum absolute atomic E-state index is 0.0428. The number of piperazine rings is 1. The third-order valence-corrected chi connectivity index (χ3v) is 4.56. The van der Waals surface area contributed by atoms with Gasteiger partial charge in [0.25, 0.3) is 0 Å². The predicted octanol–water partition coefficient (Wildman–Crippen LogP) is 2.18. The molecule has 1 atom stereocenters. The first-order chi connectivity index (χ1) is 11.6. The second-order valence-electron chi connectivity index (χ2n) is 6.26. The number of benzene rings is 1. The minimum Gasteiger partial charge on any atom is -0.377 e. The Bertz CT molecular complexity index is 698. The van der Waals surface area contributed by atoms with Crippen molar-refractivity contribution in [2.24, 2.45) is 0 Å². The molecule has 0 bridgehead atoms. The number of hydrogen-bond acceptors (Lipinski definition) is 6. The van der Waals surface area contributed by atoms with E-state index in [2.05, 4.69) is 38.9 Å². The Balaban J connectivity index is 1.91. The van der Waals surface area contributed by atoms with Crippen molar-refractivity contribution in [2.75, 3.05) is 51.0 Å². The molecule has 24 heavy (non-hydrogen) atoms. The molecule has 1 aromatic carbocycles. The summed E-state index contributed by atoms with van der Waals surface area (Å²) in [5.41, 5.74) is 8.97. The van der Waals surface area contributed by atoms with Crippen LogP contribution in [0.2, 0.25) is 0 Å². The lowest BCUT2D eigenvalue weighted by molar-refractivity contribution is 0.119. The molecule has 0 saturated carbocycles. The Labute approximate surface area is 143 Å². The highest BCUT2D eigenvalue weighted by atomic mass is 16.5. The zero-order chi connectivity index (χ0) is 17.1. The molecule has 1 unspecified atom stereocenters. The summed E-state index contributed by atoms with van der Waals surface area (Å²) in [5.74, 6) is 1.21. The van der Waals surface area contributed by atoms with Crippen LogP contribution >= 0.6 is 0 Å². The van der Waals surface area contributed by atoms with Crippen LogP contribution in [0, 0.1) is 0 Å². The molecule has 0 spiro atoms. The largest absolute Gasteiger partial charge is 0.377 e. The standard InChI is InChI=1S/C18H25N5O/c1-13(24-3)14-5-4-6-15(11-14)16-12-17(21-18(19)20-16)23-9-7-22(2)8-10-23/h4-6,11-13H,7-10H2,1-3H3,(H2,19,20,21). The van der Waals surface area contributed by atoms with Gasteiger partial charge in [-0.3, -0.25) is 0 Å². The number of aromatic nitrogens is 2. The third-order valence-electron chi connectivity index (χ3n) is 4.56. The molecule has 0 radical (unpaired) electrons. The molecular weight excluding hydrogens is 302 g/mol. The molecule has 1 aliphatic rings. The van der Waals surface area contributed by atoms with E-state index < -0.39 is 0 Å². The summed E-state index contributed by atoms with van der Waals surface area (Å²) < 4.78 is 5.41. The van der Waals surface area contributed by atoms with Gasteiger partial charge in [0, 0.05) is 44.9 Å². The first-order valence-electron chi connectivity index (χ1n) is 8.28. The molecule has 2 aromatic rings. The van der Waals surface area contributed by atoms with Gasteiger partial charge in [-0.25, -0.2) is 4.98 Å². The Kier molecular flexibility index (Phi) is 4.97. The van der Waals surface area contributed by atoms with E-state index >= 15 is 0 Å². The molecule has 1 saturated heterocycles. The summed E-state index contributed by atoms with van der Waals surface area (Å²) in [4.78, 5) is 13.4. The number of nitrogens with zero attached hydrogens (tertiary/aromatic N) is 4. The maximum atomic E-state index is 5.97. The lowest BCUT2D eigenvalue weighted by atomic mass is 10.0. The maximum absolute atomic E-state index is 5.97. The van der Waals surface area contributed by atoms with Gasteiger partial charge in [0.05, 0.1) is 11.8 Å². The number of nitrogen functional groups attached to an aromatic ring is 1. The van der Waals surface area contributed by atoms with Crippen molar-refractivity contribution in [3.05, 3.63) is 35.9 Å². The van der Waals surface area contributed by atoms with Gasteiger partial charge in [0.15, 0.2) is 0 Å². The Morgan fingerprint density at radius 2 is 1.88 bits per heavy atom. The normalized spacial score (nSPS) is 17.0. The second kappa shape index (κ2) is 7.15. The summed E-state index contributed by atoms with van der Waals surface area (Å²) in [6.45, 7) is 5.99. The van der Waals surface area contributed by atoms with Crippen LogP contribution < -0.4 is 10.6 Å². The zero-order valence-electron chi connectivity index (χ0n) is 14.6. The maximum Gasteiger partial charge on any atom is 0.222 e. The minimum atomic E-state index is 0.0428. The van der Waals surface area contributed by atoms with Gasteiger partial charge < -0.3 is 20.3 Å². The number of likely N-dealkylation sites (N-methyl/N-ethyl adjacent to an activating group) is 1. The number of methoxy groups -OCH3 is 1. The predicted molar refractivity (Wildman–Crippen MR) is 97.0 cm³/mol. The van der Waals surface area contributed by atoms with Crippen molar-refractivity contribution in [3.63, 3.8) is 0 Å². The van der Waals surface area contributed by atoms with E-state index in [4.69, 9.17) is 10.5 Å². The van der Waals surface area contributed by atoms with E-state index in [1.54, 1.807) is 7.11 Å². The average Bonchev–Trinajstić information content (AvgIpc) is 2.61. The van der Waals surface area contributed by atoms with Crippen LogP contribution in [-0.2, 0) is 4.74 Å². The SMILES string of the molecule is COC(C)c1cccc(-c2cc(N3CCN(C)CC3)nc(N)n2)c1. The van der Waals surface area contributed by atoms with Gasteiger partial charge in [-0.2, -0.15) is 4.98 Å². The van der Waals surface area contributed by atoms with Crippen molar-refractivity contribution in [1.29, 1.82) is 0 Å². The van der Waals surface area contributed by atoms with Gasteiger partial charge in [0.1, 0.15) is 5.82 Å². The van der Waals surface area contributed by atoms with Gasteiger partial charge >= 0.3 is 0 Å². The molecule has 6 nitrogen and oxygen atoms in total.